The van der Waals surface area contributed by atoms with Crippen LogP contribution < -0.4 is 10.6 Å². The SMILES string of the molecule is CC(NC(=O)C1CSCCN1)C(C)(C)C. The molecule has 1 aliphatic heterocycles. The zero-order valence-corrected chi connectivity index (χ0v) is 10.9. The monoisotopic (exact) mass is 230 g/mol. The molecule has 0 aromatic heterocycles. The van der Waals surface area contributed by atoms with E-state index in [1.807, 2.05) is 11.8 Å². The summed E-state index contributed by atoms with van der Waals surface area (Å²) in [6.07, 6.45) is 0. The van der Waals surface area contributed by atoms with Gasteiger partial charge in [0.25, 0.3) is 0 Å². The molecule has 1 heterocycles. The molecular weight excluding hydrogens is 208 g/mol. The van der Waals surface area contributed by atoms with Crippen molar-refractivity contribution in [1.82, 2.24) is 10.6 Å². The molecular formula is C11H22N2OS. The van der Waals surface area contributed by atoms with Gasteiger partial charge in [-0.25, -0.2) is 0 Å². The van der Waals surface area contributed by atoms with Gasteiger partial charge in [-0.1, -0.05) is 20.8 Å². The van der Waals surface area contributed by atoms with Gasteiger partial charge in [-0.15, -0.1) is 0 Å². The summed E-state index contributed by atoms with van der Waals surface area (Å²) in [5.41, 5.74) is 0.122. The van der Waals surface area contributed by atoms with Crippen LogP contribution in [-0.2, 0) is 4.79 Å². The molecule has 15 heavy (non-hydrogen) atoms. The van der Waals surface area contributed by atoms with Gasteiger partial charge >= 0.3 is 0 Å². The second-order valence-electron chi connectivity index (χ2n) is 5.18. The van der Waals surface area contributed by atoms with Crippen LogP contribution in [0.2, 0.25) is 0 Å². The minimum atomic E-state index is -0.00597. The fourth-order valence-corrected chi connectivity index (χ4v) is 2.20. The number of carbonyl (C=O) groups is 1. The number of amides is 1. The predicted molar refractivity (Wildman–Crippen MR) is 66.2 cm³/mol. The van der Waals surface area contributed by atoms with Crippen LogP contribution in [0, 0.1) is 5.41 Å². The highest BCUT2D eigenvalue weighted by molar-refractivity contribution is 7.99. The Hall–Kier alpha value is -0.220. The van der Waals surface area contributed by atoms with Gasteiger partial charge in [-0.05, 0) is 12.3 Å². The average molecular weight is 230 g/mol. The van der Waals surface area contributed by atoms with E-state index in [4.69, 9.17) is 0 Å². The molecule has 2 atom stereocenters. The summed E-state index contributed by atoms with van der Waals surface area (Å²) < 4.78 is 0. The van der Waals surface area contributed by atoms with Crippen LogP contribution in [0.25, 0.3) is 0 Å². The van der Waals surface area contributed by atoms with Crippen molar-refractivity contribution in [3.8, 4) is 0 Å². The highest BCUT2D eigenvalue weighted by Gasteiger charge is 2.26. The third-order valence-electron chi connectivity index (χ3n) is 2.90. The minimum absolute atomic E-state index is 0.00597. The molecule has 2 N–H and O–H groups in total. The third kappa shape index (κ3) is 4.03. The Kier molecular flexibility index (Phi) is 4.46. The normalized spacial score (nSPS) is 24.7. The topological polar surface area (TPSA) is 41.1 Å². The first-order valence-corrected chi connectivity index (χ1v) is 6.68. The lowest BCUT2D eigenvalue weighted by Crippen LogP contribution is -2.53. The van der Waals surface area contributed by atoms with Crippen molar-refractivity contribution in [2.45, 2.75) is 39.8 Å². The van der Waals surface area contributed by atoms with Crippen molar-refractivity contribution in [2.75, 3.05) is 18.1 Å². The van der Waals surface area contributed by atoms with E-state index in [2.05, 4.69) is 38.3 Å². The van der Waals surface area contributed by atoms with Crippen molar-refractivity contribution in [1.29, 1.82) is 0 Å². The Morgan fingerprint density at radius 3 is 2.67 bits per heavy atom. The number of hydrogen-bond acceptors (Lipinski definition) is 3. The zero-order valence-electron chi connectivity index (χ0n) is 10.1. The molecule has 3 nitrogen and oxygen atoms in total. The van der Waals surface area contributed by atoms with Crippen LogP contribution in [0.5, 0.6) is 0 Å². The van der Waals surface area contributed by atoms with Crippen LogP contribution in [0.1, 0.15) is 27.7 Å². The molecule has 0 saturated carbocycles. The standard InChI is InChI=1S/C11H22N2OS/c1-8(11(2,3)4)13-10(14)9-7-15-6-5-12-9/h8-9,12H,5-7H2,1-4H3,(H,13,14). The smallest absolute Gasteiger partial charge is 0.238 e. The molecule has 0 aromatic rings. The first-order chi connectivity index (χ1) is 6.91. The number of thioether (sulfide) groups is 1. The Balaban J connectivity index is 2.40. The number of nitrogens with one attached hydrogen (secondary N) is 2. The lowest BCUT2D eigenvalue weighted by molar-refractivity contribution is -0.124. The molecule has 2 unspecified atom stereocenters. The van der Waals surface area contributed by atoms with E-state index in [0.29, 0.717) is 0 Å². The molecule has 88 valence electrons. The van der Waals surface area contributed by atoms with E-state index >= 15 is 0 Å². The molecule has 0 radical (unpaired) electrons. The quantitative estimate of drug-likeness (QED) is 0.750. The molecule has 1 fully saturated rings. The lowest BCUT2D eigenvalue weighted by Gasteiger charge is -2.31. The maximum absolute atomic E-state index is 11.9. The Bertz CT molecular complexity index is 219. The molecule has 0 bridgehead atoms. The van der Waals surface area contributed by atoms with Crippen molar-refractivity contribution in [3.63, 3.8) is 0 Å². The summed E-state index contributed by atoms with van der Waals surface area (Å²) in [5, 5.41) is 6.32. The first kappa shape index (κ1) is 12.8. The third-order valence-corrected chi connectivity index (χ3v) is 3.96. The Morgan fingerprint density at radius 1 is 1.53 bits per heavy atom. The van der Waals surface area contributed by atoms with Gasteiger partial charge in [0.15, 0.2) is 0 Å². The second kappa shape index (κ2) is 5.21. The zero-order chi connectivity index (χ0) is 11.5. The number of hydrogen-bond donors (Lipinski definition) is 2. The molecule has 1 amide bonds. The van der Waals surface area contributed by atoms with Crippen LogP contribution >= 0.6 is 11.8 Å². The van der Waals surface area contributed by atoms with Crippen LogP contribution in [0.4, 0.5) is 0 Å². The van der Waals surface area contributed by atoms with Gasteiger partial charge in [0.2, 0.25) is 5.91 Å². The minimum Gasteiger partial charge on any atom is -0.352 e. The summed E-state index contributed by atoms with van der Waals surface area (Å²) in [7, 11) is 0. The van der Waals surface area contributed by atoms with Crippen molar-refractivity contribution < 1.29 is 4.79 Å². The van der Waals surface area contributed by atoms with Gasteiger partial charge < -0.3 is 10.6 Å². The van der Waals surface area contributed by atoms with E-state index in [-0.39, 0.29) is 23.4 Å². The van der Waals surface area contributed by atoms with Gasteiger partial charge in [0.05, 0.1) is 6.04 Å². The first-order valence-electron chi connectivity index (χ1n) is 5.53. The summed E-state index contributed by atoms with van der Waals surface area (Å²) in [5.74, 6) is 2.14. The summed E-state index contributed by atoms with van der Waals surface area (Å²) >= 11 is 1.84. The predicted octanol–water partition coefficient (Wildman–Crippen LogP) is 1.24. The average Bonchev–Trinajstić information content (AvgIpc) is 2.17. The fraction of sp³-hybridized carbons (Fsp3) is 0.909. The molecule has 0 aliphatic carbocycles. The molecule has 1 aliphatic rings. The van der Waals surface area contributed by atoms with Crippen LogP contribution in [0.15, 0.2) is 0 Å². The molecule has 4 heteroatoms. The molecule has 0 aromatic carbocycles. The molecule has 1 saturated heterocycles. The highest BCUT2D eigenvalue weighted by atomic mass is 32.2. The lowest BCUT2D eigenvalue weighted by atomic mass is 9.88. The molecule has 0 spiro atoms. The van der Waals surface area contributed by atoms with Crippen LogP contribution in [0.3, 0.4) is 0 Å². The van der Waals surface area contributed by atoms with Crippen molar-refractivity contribution >= 4 is 17.7 Å². The van der Waals surface area contributed by atoms with Crippen LogP contribution in [-0.4, -0.2) is 36.0 Å². The summed E-state index contributed by atoms with van der Waals surface area (Å²) in [6.45, 7) is 9.42. The van der Waals surface area contributed by atoms with E-state index in [9.17, 15) is 4.79 Å². The van der Waals surface area contributed by atoms with Gasteiger partial charge in [0, 0.05) is 24.1 Å². The fourth-order valence-electron chi connectivity index (χ4n) is 1.26. The number of rotatable bonds is 2. The van der Waals surface area contributed by atoms with Crippen molar-refractivity contribution in [2.24, 2.45) is 5.41 Å². The van der Waals surface area contributed by atoms with Gasteiger partial charge in [-0.2, -0.15) is 11.8 Å². The second-order valence-corrected chi connectivity index (χ2v) is 6.33. The summed E-state index contributed by atoms with van der Waals surface area (Å²) in [4.78, 5) is 11.9. The van der Waals surface area contributed by atoms with E-state index in [0.717, 1.165) is 18.1 Å². The maximum Gasteiger partial charge on any atom is 0.238 e. The Labute approximate surface area is 96.8 Å². The van der Waals surface area contributed by atoms with Crippen molar-refractivity contribution in [3.05, 3.63) is 0 Å². The van der Waals surface area contributed by atoms with E-state index in [1.54, 1.807) is 0 Å². The Morgan fingerprint density at radius 2 is 2.20 bits per heavy atom. The highest BCUT2D eigenvalue weighted by Crippen LogP contribution is 2.18. The van der Waals surface area contributed by atoms with E-state index < -0.39 is 0 Å². The van der Waals surface area contributed by atoms with Gasteiger partial charge in [-0.3, -0.25) is 4.79 Å². The largest absolute Gasteiger partial charge is 0.352 e. The molecule has 1 rings (SSSR count). The van der Waals surface area contributed by atoms with Gasteiger partial charge in [0.1, 0.15) is 0 Å². The summed E-state index contributed by atoms with van der Waals surface area (Å²) in [6, 6.07) is 0.201. The van der Waals surface area contributed by atoms with E-state index in [1.165, 1.54) is 0 Å². The maximum atomic E-state index is 11.9. The number of carbonyl (C=O) groups excluding carboxylic acids is 1.